The SMILES string of the molecule is COc1c(CN2C(=O)COc3ccc(/C=C4/SC(=S)NC4=O)cc32)cccc1C(C)C. The monoisotopic (exact) mass is 454 g/mol. The zero-order valence-electron chi connectivity index (χ0n) is 17.4. The summed E-state index contributed by atoms with van der Waals surface area (Å²) in [4.78, 5) is 27.0. The van der Waals surface area contributed by atoms with Gasteiger partial charge in [-0.2, -0.15) is 0 Å². The number of fused-ring (bicyclic) bond motifs is 1. The highest BCUT2D eigenvalue weighted by Crippen LogP contribution is 2.38. The maximum atomic E-state index is 12.8. The Hall–Kier alpha value is -2.84. The topological polar surface area (TPSA) is 67.9 Å². The lowest BCUT2D eigenvalue weighted by atomic mass is 9.98. The normalized spacial score (nSPS) is 17.1. The summed E-state index contributed by atoms with van der Waals surface area (Å²) in [5, 5.41) is 2.61. The van der Waals surface area contributed by atoms with E-state index in [1.807, 2.05) is 36.4 Å². The molecule has 1 saturated heterocycles. The Bertz CT molecular complexity index is 1110. The molecule has 2 aromatic carbocycles. The molecule has 2 amide bonds. The smallest absolute Gasteiger partial charge is 0.265 e. The molecule has 0 aromatic heterocycles. The van der Waals surface area contributed by atoms with Crippen molar-refractivity contribution in [3.05, 3.63) is 58.0 Å². The predicted molar refractivity (Wildman–Crippen MR) is 127 cm³/mol. The number of thioether (sulfide) groups is 1. The number of ether oxygens (including phenoxy) is 2. The van der Waals surface area contributed by atoms with Gasteiger partial charge < -0.3 is 19.7 Å². The number of methoxy groups -OCH3 is 1. The molecule has 1 N–H and O–H groups in total. The first kappa shape index (κ1) is 21.4. The largest absolute Gasteiger partial charge is 0.496 e. The molecule has 0 aliphatic carbocycles. The average molecular weight is 455 g/mol. The molecule has 0 radical (unpaired) electrons. The molecule has 1 fully saturated rings. The maximum Gasteiger partial charge on any atom is 0.265 e. The zero-order valence-corrected chi connectivity index (χ0v) is 19.1. The number of hydrogen-bond acceptors (Lipinski definition) is 6. The van der Waals surface area contributed by atoms with Crippen LogP contribution < -0.4 is 19.7 Å². The molecule has 2 aliphatic rings. The number of nitrogens with one attached hydrogen (secondary N) is 1. The van der Waals surface area contributed by atoms with Crippen LogP contribution in [0, 0.1) is 0 Å². The van der Waals surface area contributed by atoms with Crippen LogP contribution in [0.5, 0.6) is 11.5 Å². The third kappa shape index (κ3) is 4.31. The van der Waals surface area contributed by atoms with Gasteiger partial charge in [-0.1, -0.05) is 62.1 Å². The number of hydrogen-bond donors (Lipinski definition) is 1. The Morgan fingerprint density at radius 2 is 2.10 bits per heavy atom. The molecule has 0 bridgehead atoms. The Labute approximate surface area is 190 Å². The summed E-state index contributed by atoms with van der Waals surface area (Å²) in [6, 6.07) is 11.5. The highest BCUT2D eigenvalue weighted by atomic mass is 32.2. The van der Waals surface area contributed by atoms with E-state index in [1.165, 1.54) is 11.8 Å². The van der Waals surface area contributed by atoms with Gasteiger partial charge in [0.2, 0.25) is 0 Å². The van der Waals surface area contributed by atoms with Crippen LogP contribution in [0.15, 0.2) is 41.3 Å². The van der Waals surface area contributed by atoms with Gasteiger partial charge >= 0.3 is 0 Å². The summed E-state index contributed by atoms with van der Waals surface area (Å²) in [6.07, 6.45) is 1.76. The lowest BCUT2D eigenvalue weighted by Gasteiger charge is -2.30. The second-order valence-corrected chi connectivity index (χ2v) is 9.26. The van der Waals surface area contributed by atoms with Crippen LogP contribution in [0.4, 0.5) is 5.69 Å². The summed E-state index contributed by atoms with van der Waals surface area (Å²) in [7, 11) is 1.65. The van der Waals surface area contributed by atoms with Gasteiger partial charge in [0, 0.05) is 5.56 Å². The van der Waals surface area contributed by atoms with E-state index in [2.05, 4.69) is 19.2 Å². The van der Waals surface area contributed by atoms with Gasteiger partial charge in [0.1, 0.15) is 15.8 Å². The van der Waals surface area contributed by atoms with Crippen molar-refractivity contribution in [2.24, 2.45) is 0 Å². The van der Waals surface area contributed by atoms with E-state index in [4.69, 9.17) is 21.7 Å². The molecule has 6 nitrogen and oxygen atoms in total. The second kappa shape index (κ2) is 8.72. The summed E-state index contributed by atoms with van der Waals surface area (Å²) in [6.45, 7) is 4.56. The van der Waals surface area contributed by atoms with Crippen molar-refractivity contribution < 1.29 is 19.1 Å². The fraction of sp³-hybridized carbons (Fsp3) is 0.261. The second-order valence-electron chi connectivity index (χ2n) is 7.54. The third-order valence-corrected chi connectivity index (χ3v) is 6.31. The van der Waals surface area contributed by atoms with Crippen molar-refractivity contribution >= 4 is 51.9 Å². The van der Waals surface area contributed by atoms with Crippen molar-refractivity contribution in [3.8, 4) is 11.5 Å². The minimum atomic E-state index is -0.216. The standard InChI is InChI=1S/C23H22N2O4S2/c1-13(2)16-6-4-5-15(21(16)28-3)11-25-17-9-14(7-8-18(17)29-12-20(25)26)10-19-22(27)24-23(30)31-19/h4-10,13H,11-12H2,1-3H3,(H,24,27,30)/b19-10+. The number of carbonyl (C=O) groups is 2. The molecule has 0 atom stereocenters. The third-order valence-electron chi connectivity index (χ3n) is 5.15. The van der Waals surface area contributed by atoms with E-state index in [9.17, 15) is 9.59 Å². The number of rotatable bonds is 5. The summed E-state index contributed by atoms with van der Waals surface area (Å²) in [5.41, 5.74) is 3.47. The Morgan fingerprint density at radius 1 is 1.29 bits per heavy atom. The molecule has 0 spiro atoms. The van der Waals surface area contributed by atoms with Gasteiger partial charge in [-0.15, -0.1) is 0 Å². The summed E-state index contributed by atoms with van der Waals surface area (Å²) < 4.78 is 11.8. The molecule has 0 unspecified atom stereocenters. The highest BCUT2D eigenvalue weighted by molar-refractivity contribution is 8.26. The van der Waals surface area contributed by atoms with Crippen molar-refractivity contribution in [1.29, 1.82) is 0 Å². The molecule has 0 saturated carbocycles. The summed E-state index contributed by atoms with van der Waals surface area (Å²) >= 11 is 6.27. The fourth-order valence-corrected chi connectivity index (χ4v) is 4.70. The number of benzene rings is 2. The van der Waals surface area contributed by atoms with Crippen molar-refractivity contribution in [2.45, 2.75) is 26.3 Å². The zero-order chi connectivity index (χ0) is 22.1. The molecule has 2 aromatic rings. The minimum absolute atomic E-state index is 0.0217. The number of anilines is 1. The molecule has 2 heterocycles. The average Bonchev–Trinajstić information content (AvgIpc) is 3.06. The van der Waals surface area contributed by atoms with E-state index in [-0.39, 0.29) is 18.4 Å². The van der Waals surface area contributed by atoms with Gasteiger partial charge in [-0.3, -0.25) is 9.59 Å². The van der Waals surface area contributed by atoms with Gasteiger partial charge in [0.05, 0.1) is 24.2 Å². The van der Waals surface area contributed by atoms with Crippen molar-refractivity contribution in [2.75, 3.05) is 18.6 Å². The lowest BCUT2D eigenvalue weighted by Crippen LogP contribution is -2.38. The Balaban J connectivity index is 1.71. The first-order chi connectivity index (χ1) is 14.9. The fourth-order valence-electron chi connectivity index (χ4n) is 3.66. The van der Waals surface area contributed by atoms with Crippen LogP contribution in [0.25, 0.3) is 6.08 Å². The summed E-state index contributed by atoms with van der Waals surface area (Å²) in [5.74, 6) is 1.36. The molecule has 2 aliphatic heterocycles. The molecule has 160 valence electrons. The minimum Gasteiger partial charge on any atom is -0.496 e. The predicted octanol–water partition coefficient (Wildman–Crippen LogP) is 4.23. The Kier molecular flexibility index (Phi) is 6.02. The van der Waals surface area contributed by atoms with Crippen LogP contribution in [-0.2, 0) is 16.1 Å². The number of nitrogens with zero attached hydrogens (tertiary/aromatic N) is 1. The van der Waals surface area contributed by atoms with Crippen LogP contribution in [-0.4, -0.2) is 29.9 Å². The van der Waals surface area contributed by atoms with Crippen molar-refractivity contribution in [1.82, 2.24) is 5.32 Å². The Morgan fingerprint density at radius 3 is 2.77 bits per heavy atom. The quantitative estimate of drug-likeness (QED) is 0.539. The highest BCUT2D eigenvalue weighted by Gasteiger charge is 2.28. The van der Waals surface area contributed by atoms with Crippen LogP contribution in [0.2, 0.25) is 0 Å². The van der Waals surface area contributed by atoms with Gasteiger partial charge in [0.15, 0.2) is 6.61 Å². The van der Waals surface area contributed by atoms with Gasteiger partial charge in [-0.05, 0) is 35.3 Å². The first-order valence-corrected chi connectivity index (χ1v) is 11.1. The molecular weight excluding hydrogens is 432 g/mol. The first-order valence-electron chi connectivity index (χ1n) is 9.85. The van der Waals surface area contributed by atoms with Crippen LogP contribution in [0.3, 0.4) is 0 Å². The number of thiocarbonyl (C=S) groups is 1. The van der Waals surface area contributed by atoms with Gasteiger partial charge in [0.25, 0.3) is 11.8 Å². The molecule has 8 heteroatoms. The van der Waals surface area contributed by atoms with E-state index in [0.717, 1.165) is 22.4 Å². The number of para-hydroxylation sites is 1. The van der Waals surface area contributed by atoms with E-state index < -0.39 is 0 Å². The van der Waals surface area contributed by atoms with Crippen LogP contribution >= 0.6 is 24.0 Å². The van der Waals surface area contributed by atoms with E-state index >= 15 is 0 Å². The van der Waals surface area contributed by atoms with Crippen molar-refractivity contribution in [3.63, 3.8) is 0 Å². The number of carbonyl (C=O) groups excluding carboxylic acids is 2. The number of amides is 2. The molecule has 31 heavy (non-hydrogen) atoms. The van der Waals surface area contributed by atoms with E-state index in [1.54, 1.807) is 18.1 Å². The lowest BCUT2D eigenvalue weighted by molar-refractivity contribution is -0.121. The van der Waals surface area contributed by atoms with Crippen LogP contribution in [0.1, 0.15) is 36.5 Å². The molecular formula is C23H22N2O4S2. The molecule has 4 rings (SSSR count). The van der Waals surface area contributed by atoms with Gasteiger partial charge in [-0.25, -0.2) is 0 Å². The van der Waals surface area contributed by atoms with E-state index in [0.29, 0.717) is 33.1 Å². The maximum absolute atomic E-state index is 12.8.